The van der Waals surface area contributed by atoms with Crippen molar-refractivity contribution in [3.05, 3.63) is 17.0 Å². The van der Waals surface area contributed by atoms with E-state index in [0.717, 1.165) is 76.3 Å². The summed E-state index contributed by atoms with van der Waals surface area (Å²) in [5, 5.41) is 7.42. The SMILES string of the molecule is O=C(c1n[nH]c2c1CN(C1CCOC1)CC2)N1CCCC1. The number of carbonyl (C=O) groups is 1. The van der Waals surface area contributed by atoms with Crippen LogP contribution in [0.2, 0.25) is 0 Å². The monoisotopic (exact) mass is 290 g/mol. The summed E-state index contributed by atoms with van der Waals surface area (Å²) in [5.74, 6) is 0.106. The van der Waals surface area contributed by atoms with Crippen LogP contribution in [0.25, 0.3) is 0 Å². The van der Waals surface area contributed by atoms with Crippen LogP contribution in [0.1, 0.15) is 41.0 Å². The van der Waals surface area contributed by atoms with Crippen molar-refractivity contribution >= 4 is 5.91 Å². The number of amides is 1. The molecule has 0 bridgehead atoms. The zero-order valence-corrected chi connectivity index (χ0v) is 12.3. The largest absolute Gasteiger partial charge is 0.380 e. The Labute approximate surface area is 124 Å². The first kappa shape index (κ1) is 13.3. The number of aromatic nitrogens is 2. The Bertz CT molecular complexity index is 530. The summed E-state index contributed by atoms with van der Waals surface area (Å²) < 4.78 is 5.50. The molecule has 0 aliphatic carbocycles. The van der Waals surface area contributed by atoms with Crippen molar-refractivity contribution in [2.75, 3.05) is 32.8 Å². The van der Waals surface area contributed by atoms with Crippen LogP contribution in [0.15, 0.2) is 0 Å². The van der Waals surface area contributed by atoms with Gasteiger partial charge < -0.3 is 9.64 Å². The summed E-state index contributed by atoms with van der Waals surface area (Å²) in [7, 11) is 0. The second-order valence-electron chi connectivity index (χ2n) is 6.27. The van der Waals surface area contributed by atoms with Gasteiger partial charge in [0.1, 0.15) is 0 Å². The molecule has 6 nitrogen and oxygen atoms in total. The molecule has 1 amide bonds. The topological polar surface area (TPSA) is 61.5 Å². The van der Waals surface area contributed by atoms with Gasteiger partial charge >= 0.3 is 0 Å². The van der Waals surface area contributed by atoms with Crippen molar-refractivity contribution in [3.8, 4) is 0 Å². The Kier molecular flexibility index (Phi) is 3.43. The third-order valence-electron chi connectivity index (χ3n) is 4.98. The Morgan fingerprint density at radius 3 is 2.90 bits per heavy atom. The van der Waals surface area contributed by atoms with Gasteiger partial charge in [0.05, 0.1) is 6.61 Å². The molecular formula is C15H22N4O2. The van der Waals surface area contributed by atoms with E-state index in [4.69, 9.17) is 4.74 Å². The van der Waals surface area contributed by atoms with E-state index in [1.807, 2.05) is 4.90 Å². The van der Waals surface area contributed by atoms with Gasteiger partial charge in [-0.15, -0.1) is 0 Å². The average molecular weight is 290 g/mol. The second kappa shape index (κ2) is 5.42. The van der Waals surface area contributed by atoms with Gasteiger partial charge in [-0.1, -0.05) is 0 Å². The van der Waals surface area contributed by atoms with E-state index in [1.165, 1.54) is 0 Å². The Balaban J connectivity index is 1.55. The number of aromatic amines is 1. The predicted octanol–water partition coefficient (Wildman–Crippen LogP) is 0.793. The fraction of sp³-hybridized carbons (Fsp3) is 0.733. The molecule has 3 aliphatic heterocycles. The molecule has 1 atom stereocenters. The number of H-pyrrole nitrogens is 1. The first-order valence-electron chi connectivity index (χ1n) is 8.00. The molecule has 1 N–H and O–H groups in total. The highest BCUT2D eigenvalue weighted by Gasteiger charge is 2.32. The van der Waals surface area contributed by atoms with E-state index in [2.05, 4.69) is 15.1 Å². The first-order valence-corrected chi connectivity index (χ1v) is 8.00. The standard InChI is InChI=1S/C15H22N4O2/c20-15(18-5-1-2-6-18)14-12-9-19(11-4-8-21-10-11)7-3-13(12)16-17-14/h11H,1-10H2,(H,16,17). The number of ether oxygens (including phenoxy) is 1. The number of fused-ring (bicyclic) bond motifs is 1. The van der Waals surface area contributed by atoms with E-state index < -0.39 is 0 Å². The van der Waals surface area contributed by atoms with Crippen molar-refractivity contribution in [3.63, 3.8) is 0 Å². The molecule has 4 rings (SSSR count). The summed E-state index contributed by atoms with van der Waals surface area (Å²) in [6.45, 7) is 5.29. The van der Waals surface area contributed by atoms with Gasteiger partial charge in [0, 0.05) is 56.5 Å². The molecule has 0 saturated carbocycles. The fourth-order valence-electron chi connectivity index (χ4n) is 3.68. The summed E-state index contributed by atoms with van der Waals surface area (Å²) in [5.41, 5.74) is 2.91. The minimum absolute atomic E-state index is 0.106. The lowest BCUT2D eigenvalue weighted by atomic mass is 10.0. The highest BCUT2D eigenvalue weighted by molar-refractivity contribution is 5.94. The maximum atomic E-state index is 12.6. The van der Waals surface area contributed by atoms with Crippen molar-refractivity contribution < 1.29 is 9.53 Å². The zero-order valence-electron chi connectivity index (χ0n) is 12.3. The van der Waals surface area contributed by atoms with Crippen LogP contribution < -0.4 is 0 Å². The van der Waals surface area contributed by atoms with Crippen LogP contribution in [0.3, 0.4) is 0 Å². The first-order chi connectivity index (χ1) is 10.3. The normalized spacial score (nSPS) is 26.3. The average Bonchev–Trinajstić information content (AvgIpc) is 3.25. The van der Waals surface area contributed by atoms with E-state index in [0.29, 0.717) is 11.7 Å². The molecule has 1 aromatic heterocycles. The van der Waals surface area contributed by atoms with Crippen molar-refractivity contribution in [2.24, 2.45) is 0 Å². The maximum Gasteiger partial charge on any atom is 0.274 e. The number of rotatable bonds is 2. The molecule has 114 valence electrons. The highest BCUT2D eigenvalue weighted by Crippen LogP contribution is 2.26. The molecule has 3 aliphatic rings. The molecule has 0 radical (unpaired) electrons. The van der Waals surface area contributed by atoms with Crippen LogP contribution in [0.5, 0.6) is 0 Å². The van der Waals surface area contributed by atoms with Gasteiger partial charge in [-0.25, -0.2) is 0 Å². The summed E-state index contributed by atoms with van der Waals surface area (Å²) in [6, 6.07) is 0.503. The van der Waals surface area contributed by atoms with Gasteiger partial charge in [0.2, 0.25) is 0 Å². The third kappa shape index (κ3) is 2.36. The summed E-state index contributed by atoms with van der Waals surface area (Å²) >= 11 is 0. The van der Waals surface area contributed by atoms with Gasteiger partial charge in [-0.05, 0) is 19.3 Å². The summed E-state index contributed by atoms with van der Waals surface area (Å²) in [4.78, 5) is 17.0. The molecule has 0 spiro atoms. The molecule has 6 heteroatoms. The van der Waals surface area contributed by atoms with Crippen molar-refractivity contribution in [2.45, 2.75) is 38.3 Å². The molecule has 21 heavy (non-hydrogen) atoms. The van der Waals surface area contributed by atoms with Crippen LogP contribution in [-0.2, 0) is 17.7 Å². The molecule has 2 fully saturated rings. The van der Waals surface area contributed by atoms with Crippen LogP contribution in [-0.4, -0.2) is 64.8 Å². The lowest BCUT2D eigenvalue weighted by molar-refractivity contribution is 0.0782. The second-order valence-corrected chi connectivity index (χ2v) is 6.27. The smallest absolute Gasteiger partial charge is 0.274 e. The van der Waals surface area contributed by atoms with Gasteiger partial charge in [0.15, 0.2) is 5.69 Å². The molecule has 4 heterocycles. The van der Waals surface area contributed by atoms with Crippen LogP contribution in [0.4, 0.5) is 0 Å². The van der Waals surface area contributed by atoms with Gasteiger partial charge in [-0.3, -0.25) is 14.8 Å². The lowest BCUT2D eigenvalue weighted by Crippen LogP contribution is -2.40. The fourth-order valence-corrected chi connectivity index (χ4v) is 3.68. The van der Waals surface area contributed by atoms with Gasteiger partial charge in [-0.2, -0.15) is 5.10 Å². The van der Waals surface area contributed by atoms with E-state index in [9.17, 15) is 4.79 Å². The molecular weight excluding hydrogens is 268 g/mol. The van der Waals surface area contributed by atoms with E-state index in [1.54, 1.807) is 0 Å². The maximum absolute atomic E-state index is 12.6. The predicted molar refractivity (Wildman–Crippen MR) is 77.1 cm³/mol. The summed E-state index contributed by atoms with van der Waals surface area (Å²) in [6.07, 6.45) is 4.28. The third-order valence-corrected chi connectivity index (χ3v) is 4.98. The number of nitrogens with one attached hydrogen (secondary N) is 1. The van der Waals surface area contributed by atoms with E-state index >= 15 is 0 Å². The number of carbonyl (C=O) groups excluding carboxylic acids is 1. The molecule has 2 saturated heterocycles. The molecule has 1 unspecified atom stereocenters. The quantitative estimate of drug-likeness (QED) is 0.875. The molecule has 1 aromatic rings. The van der Waals surface area contributed by atoms with Crippen molar-refractivity contribution in [1.82, 2.24) is 20.0 Å². The van der Waals surface area contributed by atoms with Crippen LogP contribution >= 0.6 is 0 Å². The lowest BCUT2D eigenvalue weighted by Gasteiger charge is -2.31. The number of nitrogens with zero attached hydrogens (tertiary/aromatic N) is 3. The Hall–Kier alpha value is -1.40. The Morgan fingerprint density at radius 1 is 1.29 bits per heavy atom. The van der Waals surface area contributed by atoms with Crippen molar-refractivity contribution in [1.29, 1.82) is 0 Å². The highest BCUT2D eigenvalue weighted by atomic mass is 16.5. The zero-order chi connectivity index (χ0) is 14.2. The van der Waals surface area contributed by atoms with Crippen LogP contribution in [0, 0.1) is 0 Å². The van der Waals surface area contributed by atoms with Gasteiger partial charge in [0.25, 0.3) is 5.91 Å². The molecule has 0 aromatic carbocycles. The number of hydrogen-bond acceptors (Lipinski definition) is 4. The minimum atomic E-state index is 0.106. The minimum Gasteiger partial charge on any atom is -0.380 e. The van der Waals surface area contributed by atoms with E-state index in [-0.39, 0.29) is 5.91 Å². The number of hydrogen-bond donors (Lipinski definition) is 1. The Morgan fingerprint density at radius 2 is 2.14 bits per heavy atom. The number of likely N-dealkylation sites (tertiary alicyclic amines) is 1.